The standard InChI is InChI=1S/C15H23N5S/c1-4-19(5-2)13-12-11(3)10-21-14(12)18-15(17-13)20-8-6-16-7-9-20/h10,16H,4-9H2,1-3H3. The highest BCUT2D eigenvalue weighted by molar-refractivity contribution is 7.17. The highest BCUT2D eigenvalue weighted by atomic mass is 32.1. The maximum absolute atomic E-state index is 4.92. The van der Waals surface area contributed by atoms with Crippen LogP contribution < -0.4 is 15.1 Å². The molecule has 0 unspecified atom stereocenters. The van der Waals surface area contributed by atoms with Gasteiger partial charge in [-0.05, 0) is 31.7 Å². The smallest absolute Gasteiger partial charge is 0.228 e. The van der Waals surface area contributed by atoms with Crippen molar-refractivity contribution in [1.82, 2.24) is 15.3 Å². The average Bonchev–Trinajstić information content (AvgIpc) is 2.91. The molecule has 0 aromatic carbocycles. The molecular weight excluding hydrogens is 282 g/mol. The maximum atomic E-state index is 4.92. The van der Waals surface area contributed by atoms with E-state index >= 15 is 0 Å². The number of aryl methyl sites for hydroxylation is 1. The Morgan fingerprint density at radius 3 is 2.62 bits per heavy atom. The van der Waals surface area contributed by atoms with Crippen molar-refractivity contribution in [3.05, 3.63) is 10.9 Å². The van der Waals surface area contributed by atoms with Gasteiger partial charge in [0.15, 0.2) is 0 Å². The fourth-order valence-electron chi connectivity index (χ4n) is 2.81. The van der Waals surface area contributed by atoms with Crippen molar-refractivity contribution in [3.63, 3.8) is 0 Å². The molecule has 6 heteroatoms. The first-order valence-electron chi connectivity index (χ1n) is 7.71. The second-order valence-electron chi connectivity index (χ2n) is 5.36. The molecule has 2 aromatic rings. The lowest BCUT2D eigenvalue weighted by Crippen LogP contribution is -2.44. The van der Waals surface area contributed by atoms with E-state index in [0.717, 1.165) is 55.9 Å². The van der Waals surface area contributed by atoms with Gasteiger partial charge < -0.3 is 15.1 Å². The third kappa shape index (κ3) is 2.70. The van der Waals surface area contributed by atoms with Gasteiger partial charge in [0.25, 0.3) is 0 Å². The molecule has 0 bridgehead atoms. The van der Waals surface area contributed by atoms with Crippen LogP contribution in [-0.2, 0) is 0 Å². The highest BCUT2D eigenvalue weighted by Crippen LogP contribution is 2.33. The minimum atomic E-state index is 0.882. The first-order valence-corrected chi connectivity index (χ1v) is 8.59. The Balaban J connectivity index is 2.10. The number of thiophene rings is 1. The normalized spacial score (nSPS) is 15.7. The number of fused-ring (bicyclic) bond motifs is 1. The molecule has 1 aliphatic rings. The van der Waals surface area contributed by atoms with Gasteiger partial charge in [-0.1, -0.05) is 0 Å². The van der Waals surface area contributed by atoms with Gasteiger partial charge in [-0.2, -0.15) is 4.98 Å². The molecule has 0 radical (unpaired) electrons. The van der Waals surface area contributed by atoms with Crippen molar-refractivity contribution in [2.24, 2.45) is 0 Å². The maximum Gasteiger partial charge on any atom is 0.228 e. The van der Waals surface area contributed by atoms with Crippen LogP contribution >= 0.6 is 11.3 Å². The largest absolute Gasteiger partial charge is 0.356 e. The highest BCUT2D eigenvalue weighted by Gasteiger charge is 2.19. The first kappa shape index (κ1) is 14.5. The second kappa shape index (κ2) is 6.15. The van der Waals surface area contributed by atoms with Gasteiger partial charge in [0, 0.05) is 39.3 Å². The number of nitrogens with zero attached hydrogens (tertiary/aromatic N) is 4. The fourth-order valence-corrected chi connectivity index (χ4v) is 3.72. The minimum Gasteiger partial charge on any atom is -0.356 e. The third-order valence-corrected chi connectivity index (χ3v) is 5.04. The molecule has 5 nitrogen and oxygen atoms in total. The number of aromatic nitrogens is 2. The van der Waals surface area contributed by atoms with Crippen molar-refractivity contribution in [2.45, 2.75) is 20.8 Å². The molecule has 1 fully saturated rings. The van der Waals surface area contributed by atoms with Crippen molar-refractivity contribution in [2.75, 3.05) is 49.1 Å². The Morgan fingerprint density at radius 1 is 1.24 bits per heavy atom. The summed E-state index contributed by atoms with van der Waals surface area (Å²) in [5, 5.41) is 6.79. The summed E-state index contributed by atoms with van der Waals surface area (Å²) in [5.74, 6) is 1.98. The molecule has 3 heterocycles. The molecule has 2 aromatic heterocycles. The summed E-state index contributed by atoms with van der Waals surface area (Å²) in [6.07, 6.45) is 0. The third-order valence-electron chi connectivity index (χ3n) is 4.05. The second-order valence-corrected chi connectivity index (χ2v) is 6.21. The molecule has 0 aliphatic carbocycles. The predicted octanol–water partition coefficient (Wildman–Crippen LogP) is 2.26. The van der Waals surface area contributed by atoms with Crippen molar-refractivity contribution >= 4 is 33.3 Å². The molecule has 114 valence electrons. The summed E-state index contributed by atoms with van der Waals surface area (Å²) in [4.78, 5) is 15.5. The van der Waals surface area contributed by atoms with Gasteiger partial charge in [0.05, 0.1) is 5.39 Å². The van der Waals surface area contributed by atoms with Crippen LogP contribution in [0, 0.1) is 6.92 Å². The summed E-state index contributed by atoms with van der Waals surface area (Å²) in [5.41, 5.74) is 1.28. The summed E-state index contributed by atoms with van der Waals surface area (Å²) in [7, 11) is 0. The van der Waals surface area contributed by atoms with Gasteiger partial charge in [0.1, 0.15) is 10.6 Å². The predicted molar refractivity (Wildman–Crippen MR) is 90.8 cm³/mol. The summed E-state index contributed by atoms with van der Waals surface area (Å²) < 4.78 is 0. The summed E-state index contributed by atoms with van der Waals surface area (Å²) >= 11 is 1.72. The molecule has 1 N–H and O–H groups in total. The van der Waals surface area contributed by atoms with Crippen LogP contribution in [0.4, 0.5) is 11.8 Å². The van der Waals surface area contributed by atoms with Gasteiger partial charge in [0.2, 0.25) is 5.95 Å². The zero-order chi connectivity index (χ0) is 14.8. The van der Waals surface area contributed by atoms with E-state index in [1.165, 1.54) is 10.9 Å². The Labute approximate surface area is 130 Å². The molecular formula is C15H23N5S. The number of rotatable bonds is 4. The number of hydrogen-bond donors (Lipinski definition) is 1. The minimum absolute atomic E-state index is 0.882. The monoisotopic (exact) mass is 305 g/mol. The fraction of sp³-hybridized carbons (Fsp3) is 0.600. The Bertz CT molecular complexity index is 614. The molecule has 0 spiro atoms. The van der Waals surface area contributed by atoms with E-state index in [1.54, 1.807) is 11.3 Å². The summed E-state index contributed by atoms with van der Waals surface area (Å²) in [6.45, 7) is 12.4. The SMILES string of the molecule is CCN(CC)c1nc(N2CCNCC2)nc2scc(C)c12. The van der Waals surface area contributed by atoms with Crippen LogP contribution in [0.2, 0.25) is 0 Å². The molecule has 0 saturated carbocycles. The topological polar surface area (TPSA) is 44.3 Å². The summed E-state index contributed by atoms with van der Waals surface area (Å²) in [6, 6.07) is 0. The molecule has 21 heavy (non-hydrogen) atoms. The van der Waals surface area contributed by atoms with Gasteiger partial charge in [-0.25, -0.2) is 4.98 Å². The van der Waals surface area contributed by atoms with Gasteiger partial charge in [-0.15, -0.1) is 11.3 Å². The Kier molecular flexibility index (Phi) is 4.26. The van der Waals surface area contributed by atoms with Crippen LogP contribution in [0.25, 0.3) is 10.2 Å². The Hall–Kier alpha value is -1.40. The van der Waals surface area contributed by atoms with E-state index in [4.69, 9.17) is 9.97 Å². The van der Waals surface area contributed by atoms with E-state index < -0.39 is 0 Å². The quantitative estimate of drug-likeness (QED) is 0.938. The molecule has 0 atom stereocenters. The zero-order valence-corrected chi connectivity index (χ0v) is 13.8. The van der Waals surface area contributed by atoms with E-state index in [9.17, 15) is 0 Å². The number of piperazine rings is 1. The number of anilines is 2. The zero-order valence-electron chi connectivity index (χ0n) is 13.0. The van der Waals surface area contributed by atoms with Gasteiger partial charge >= 0.3 is 0 Å². The number of nitrogens with one attached hydrogen (secondary N) is 1. The van der Waals surface area contributed by atoms with Crippen LogP contribution in [0.3, 0.4) is 0 Å². The van der Waals surface area contributed by atoms with Crippen molar-refractivity contribution in [3.8, 4) is 0 Å². The van der Waals surface area contributed by atoms with E-state index in [2.05, 4.69) is 41.3 Å². The number of hydrogen-bond acceptors (Lipinski definition) is 6. The Morgan fingerprint density at radius 2 is 1.95 bits per heavy atom. The van der Waals surface area contributed by atoms with Crippen LogP contribution in [-0.4, -0.2) is 49.2 Å². The van der Waals surface area contributed by atoms with Crippen LogP contribution in [0.5, 0.6) is 0 Å². The molecule has 1 saturated heterocycles. The van der Waals surface area contributed by atoms with E-state index in [0.29, 0.717) is 0 Å². The average molecular weight is 305 g/mol. The first-order chi connectivity index (χ1) is 10.2. The molecule has 1 aliphatic heterocycles. The van der Waals surface area contributed by atoms with Crippen molar-refractivity contribution < 1.29 is 0 Å². The van der Waals surface area contributed by atoms with E-state index in [1.807, 2.05) is 0 Å². The van der Waals surface area contributed by atoms with Crippen LogP contribution in [0.1, 0.15) is 19.4 Å². The van der Waals surface area contributed by atoms with E-state index in [-0.39, 0.29) is 0 Å². The van der Waals surface area contributed by atoms with Gasteiger partial charge in [-0.3, -0.25) is 0 Å². The molecule has 3 rings (SSSR count). The lowest BCUT2D eigenvalue weighted by Gasteiger charge is -2.29. The molecule has 0 amide bonds. The van der Waals surface area contributed by atoms with Crippen LogP contribution in [0.15, 0.2) is 5.38 Å². The lowest BCUT2D eigenvalue weighted by atomic mass is 10.2. The van der Waals surface area contributed by atoms with Crippen molar-refractivity contribution in [1.29, 1.82) is 0 Å². The lowest BCUT2D eigenvalue weighted by molar-refractivity contribution is 0.580.